The van der Waals surface area contributed by atoms with Gasteiger partial charge in [-0.1, -0.05) is 41.9 Å². The van der Waals surface area contributed by atoms with E-state index < -0.39 is 0 Å². The Kier molecular flexibility index (Phi) is 5.79. The quantitative estimate of drug-likeness (QED) is 0.764. The number of anilines is 1. The van der Waals surface area contributed by atoms with Gasteiger partial charge in [0.2, 0.25) is 5.91 Å². The van der Waals surface area contributed by atoms with Crippen LogP contribution in [0.25, 0.3) is 0 Å². The minimum absolute atomic E-state index is 0.000387. The Morgan fingerprint density at radius 1 is 1.14 bits per heavy atom. The SMILES string of the molecule is O=C1CCc2c(ccc(C(=O)CN3CCC[C@@H](Cc4ccccc4)C3)c2Cl)N1. The lowest BCUT2D eigenvalue weighted by atomic mass is 9.91. The summed E-state index contributed by atoms with van der Waals surface area (Å²) in [6.45, 7) is 2.30. The number of hydrogen-bond acceptors (Lipinski definition) is 3. The van der Waals surface area contributed by atoms with Crippen LogP contribution in [0.3, 0.4) is 0 Å². The van der Waals surface area contributed by atoms with Crippen molar-refractivity contribution in [3.63, 3.8) is 0 Å². The number of ketones is 1. The lowest BCUT2D eigenvalue weighted by molar-refractivity contribution is -0.116. The van der Waals surface area contributed by atoms with E-state index in [2.05, 4.69) is 34.5 Å². The van der Waals surface area contributed by atoms with Gasteiger partial charge < -0.3 is 5.32 Å². The Balaban J connectivity index is 1.41. The van der Waals surface area contributed by atoms with Gasteiger partial charge in [0.15, 0.2) is 5.78 Å². The molecule has 0 radical (unpaired) electrons. The second kappa shape index (κ2) is 8.46. The lowest BCUT2D eigenvalue weighted by Gasteiger charge is -2.32. The van der Waals surface area contributed by atoms with E-state index in [0.29, 0.717) is 35.9 Å². The average Bonchev–Trinajstić information content (AvgIpc) is 2.69. The average molecular weight is 397 g/mol. The van der Waals surface area contributed by atoms with Crippen molar-refractivity contribution in [2.45, 2.75) is 32.1 Å². The molecule has 5 heteroatoms. The lowest BCUT2D eigenvalue weighted by Crippen LogP contribution is -2.39. The number of likely N-dealkylation sites (tertiary alicyclic amines) is 1. The molecule has 28 heavy (non-hydrogen) atoms. The molecule has 2 aliphatic heterocycles. The third-order valence-corrected chi connectivity index (χ3v) is 6.19. The van der Waals surface area contributed by atoms with Gasteiger partial charge in [0.25, 0.3) is 0 Å². The fraction of sp³-hybridized carbons (Fsp3) is 0.391. The molecule has 4 nitrogen and oxygen atoms in total. The summed E-state index contributed by atoms with van der Waals surface area (Å²) in [7, 11) is 0. The second-order valence-corrected chi connectivity index (χ2v) is 8.24. The van der Waals surface area contributed by atoms with Crippen molar-refractivity contribution in [1.29, 1.82) is 0 Å². The van der Waals surface area contributed by atoms with Gasteiger partial charge in [0.05, 0.1) is 11.6 Å². The first-order valence-corrected chi connectivity index (χ1v) is 10.4. The molecule has 0 spiro atoms. The Hall–Kier alpha value is -2.17. The molecule has 4 rings (SSSR count). The molecule has 0 bridgehead atoms. The molecule has 0 aliphatic carbocycles. The third kappa shape index (κ3) is 4.29. The summed E-state index contributed by atoms with van der Waals surface area (Å²) in [4.78, 5) is 26.7. The largest absolute Gasteiger partial charge is 0.326 e. The summed E-state index contributed by atoms with van der Waals surface area (Å²) in [5.41, 5.74) is 3.55. The number of carbonyl (C=O) groups excluding carboxylic acids is 2. The summed E-state index contributed by atoms with van der Waals surface area (Å²) in [5.74, 6) is 0.642. The molecule has 0 aromatic heterocycles. The first kappa shape index (κ1) is 19.2. The highest BCUT2D eigenvalue weighted by Crippen LogP contribution is 2.32. The molecule has 0 saturated carbocycles. The highest BCUT2D eigenvalue weighted by atomic mass is 35.5. The van der Waals surface area contributed by atoms with Crippen LogP contribution >= 0.6 is 11.6 Å². The Labute approximate surface area is 170 Å². The summed E-state index contributed by atoms with van der Waals surface area (Å²) in [6, 6.07) is 14.1. The van der Waals surface area contributed by atoms with E-state index in [9.17, 15) is 9.59 Å². The number of fused-ring (bicyclic) bond motifs is 1. The van der Waals surface area contributed by atoms with E-state index in [-0.39, 0.29) is 11.7 Å². The van der Waals surface area contributed by atoms with Crippen LogP contribution in [0.5, 0.6) is 0 Å². The van der Waals surface area contributed by atoms with Crippen molar-refractivity contribution < 1.29 is 9.59 Å². The first-order valence-electron chi connectivity index (χ1n) is 10.0. The van der Waals surface area contributed by atoms with E-state index >= 15 is 0 Å². The summed E-state index contributed by atoms with van der Waals surface area (Å²) < 4.78 is 0. The van der Waals surface area contributed by atoms with Gasteiger partial charge in [-0.2, -0.15) is 0 Å². The van der Waals surface area contributed by atoms with Gasteiger partial charge in [-0.25, -0.2) is 0 Å². The van der Waals surface area contributed by atoms with Gasteiger partial charge in [-0.15, -0.1) is 0 Å². The standard InChI is InChI=1S/C23H25ClN2O2/c24-23-18-9-11-22(28)25-20(18)10-8-19(23)21(27)15-26-12-4-7-17(14-26)13-16-5-2-1-3-6-16/h1-3,5-6,8,10,17H,4,7,9,11-15H2,(H,25,28)/t17-/m0/s1. The van der Waals surface area contributed by atoms with Crippen molar-refractivity contribution in [2.24, 2.45) is 5.92 Å². The zero-order chi connectivity index (χ0) is 19.5. The van der Waals surface area contributed by atoms with E-state index in [1.165, 1.54) is 12.0 Å². The second-order valence-electron chi connectivity index (χ2n) is 7.86. The maximum atomic E-state index is 12.9. The van der Waals surface area contributed by atoms with Crippen molar-refractivity contribution in [1.82, 2.24) is 4.90 Å². The predicted octanol–water partition coefficient (Wildman–Crippen LogP) is 4.36. The number of carbonyl (C=O) groups is 2. The Bertz CT molecular complexity index is 882. The minimum atomic E-state index is 0.000387. The highest BCUT2D eigenvalue weighted by Gasteiger charge is 2.25. The molecule has 2 aliphatic rings. The number of nitrogens with one attached hydrogen (secondary N) is 1. The fourth-order valence-electron chi connectivity index (χ4n) is 4.35. The van der Waals surface area contributed by atoms with Crippen LogP contribution in [0.2, 0.25) is 5.02 Å². The Morgan fingerprint density at radius 2 is 1.96 bits per heavy atom. The monoisotopic (exact) mass is 396 g/mol. The molecule has 1 saturated heterocycles. The van der Waals surface area contributed by atoms with E-state index in [4.69, 9.17) is 11.6 Å². The molecule has 1 fully saturated rings. The van der Waals surface area contributed by atoms with Gasteiger partial charge in [-0.05, 0) is 61.4 Å². The highest BCUT2D eigenvalue weighted by molar-refractivity contribution is 6.35. The van der Waals surface area contributed by atoms with E-state index in [1.807, 2.05) is 6.07 Å². The van der Waals surface area contributed by atoms with Gasteiger partial charge in [-0.3, -0.25) is 14.5 Å². The molecule has 146 valence electrons. The zero-order valence-corrected chi connectivity index (χ0v) is 16.7. The number of Topliss-reactive ketones (excluding diaryl/α,β-unsaturated/α-hetero) is 1. The summed E-state index contributed by atoms with van der Waals surface area (Å²) in [5, 5.41) is 3.33. The summed E-state index contributed by atoms with van der Waals surface area (Å²) >= 11 is 6.53. The zero-order valence-electron chi connectivity index (χ0n) is 15.9. The smallest absolute Gasteiger partial charge is 0.224 e. The van der Waals surface area contributed by atoms with Gasteiger partial charge in [0, 0.05) is 24.2 Å². The van der Waals surface area contributed by atoms with Crippen LogP contribution in [0.15, 0.2) is 42.5 Å². The van der Waals surface area contributed by atoms with E-state index in [0.717, 1.165) is 37.2 Å². The molecule has 1 amide bonds. The van der Waals surface area contributed by atoms with Crippen LogP contribution in [0, 0.1) is 5.92 Å². The molecule has 2 aromatic rings. The number of nitrogens with zero attached hydrogens (tertiary/aromatic N) is 1. The van der Waals surface area contributed by atoms with Crippen LogP contribution in [0.1, 0.15) is 40.7 Å². The van der Waals surface area contributed by atoms with E-state index in [1.54, 1.807) is 12.1 Å². The molecular weight excluding hydrogens is 372 g/mol. The molecule has 1 N–H and O–H groups in total. The molecule has 2 aromatic carbocycles. The van der Waals surface area contributed by atoms with Crippen LogP contribution < -0.4 is 5.32 Å². The summed E-state index contributed by atoms with van der Waals surface area (Å²) in [6.07, 6.45) is 4.39. The van der Waals surface area contributed by atoms with Crippen molar-refractivity contribution in [2.75, 3.05) is 25.0 Å². The molecule has 1 atom stereocenters. The van der Waals surface area contributed by atoms with Crippen molar-refractivity contribution in [3.05, 3.63) is 64.2 Å². The number of amides is 1. The Morgan fingerprint density at radius 3 is 2.79 bits per heavy atom. The first-order chi connectivity index (χ1) is 13.6. The number of halogens is 1. The fourth-order valence-corrected chi connectivity index (χ4v) is 4.71. The number of hydrogen-bond donors (Lipinski definition) is 1. The maximum Gasteiger partial charge on any atom is 0.224 e. The van der Waals surface area contributed by atoms with Crippen molar-refractivity contribution in [3.8, 4) is 0 Å². The number of benzene rings is 2. The molecule has 0 unspecified atom stereocenters. The van der Waals surface area contributed by atoms with Crippen LogP contribution in [-0.2, 0) is 17.6 Å². The topological polar surface area (TPSA) is 49.4 Å². The van der Waals surface area contributed by atoms with Gasteiger partial charge >= 0.3 is 0 Å². The minimum Gasteiger partial charge on any atom is -0.326 e. The normalized spacial score (nSPS) is 19.8. The maximum absolute atomic E-state index is 12.9. The molecular formula is C23H25ClN2O2. The third-order valence-electron chi connectivity index (χ3n) is 5.76. The van der Waals surface area contributed by atoms with Crippen molar-refractivity contribution >= 4 is 29.0 Å². The number of rotatable bonds is 5. The number of piperidine rings is 1. The van der Waals surface area contributed by atoms with Gasteiger partial charge in [0.1, 0.15) is 0 Å². The molecule has 2 heterocycles. The van der Waals surface area contributed by atoms with Crippen LogP contribution in [0.4, 0.5) is 5.69 Å². The predicted molar refractivity (Wildman–Crippen MR) is 112 cm³/mol. The van der Waals surface area contributed by atoms with Crippen LogP contribution in [-0.4, -0.2) is 36.2 Å².